The highest BCUT2D eigenvalue weighted by molar-refractivity contribution is 5.69. The Morgan fingerprint density at radius 1 is 1.18 bits per heavy atom. The zero-order chi connectivity index (χ0) is 12.2. The first kappa shape index (κ1) is 10.5. The first-order valence-corrected chi connectivity index (χ1v) is 5.88. The van der Waals surface area contributed by atoms with Crippen LogP contribution in [-0.4, -0.2) is 22.0 Å². The maximum atomic E-state index is 11.1. The number of hydrogen-bond donors (Lipinski definition) is 1. The molecular weight excluding hydrogens is 222 g/mol. The van der Waals surface area contributed by atoms with Gasteiger partial charge < -0.3 is 5.11 Å². The fraction of sp³-hybridized carbons (Fsp3) is 0.583. The summed E-state index contributed by atoms with van der Waals surface area (Å²) in [6.07, 6.45) is 3.28. The van der Waals surface area contributed by atoms with E-state index in [0.717, 1.165) is 48.0 Å². The summed E-state index contributed by atoms with van der Waals surface area (Å²) in [6, 6.07) is -0.618. The van der Waals surface area contributed by atoms with Crippen LogP contribution in [0.2, 0.25) is 0 Å². The highest BCUT2D eigenvalue weighted by Gasteiger charge is 2.48. The molecule has 0 spiro atoms. The molecule has 0 aromatic heterocycles. The summed E-state index contributed by atoms with van der Waals surface area (Å²) in [5, 5.41) is 20.0. The van der Waals surface area contributed by atoms with Gasteiger partial charge in [0.25, 0.3) is 6.04 Å². The van der Waals surface area contributed by atoms with E-state index in [1.807, 2.05) is 0 Å². The largest absolute Gasteiger partial charge is 0.481 e. The molecule has 2 saturated carbocycles. The number of carboxylic acid groups (broad SMARTS) is 1. The van der Waals surface area contributed by atoms with Crippen LogP contribution in [0, 0.1) is 16.0 Å². The number of hydrogen-bond acceptors (Lipinski definition) is 3. The fourth-order valence-corrected chi connectivity index (χ4v) is 3.70. The van der Waals surface area contributed by atoms with E-state index in [4.69, 9.17) is 5.11 Å². The molecule has 0 unspecified atom stereocenters. The number of nitro groups is 1. The highest BCUT2D eigenvalue weighted by Crippen LogP contribution is 2.53. The number of rotatable bonds is 3. The smallest absolute Gasteiger partial charge is 0.304 e. The van der Waals surface area contributed by atoms with Crippen LogP contribution in [0.5, 0.6) is 0 Å². The summed E-state index contributed by atoms with van der Waals surface area (Å²) < 4.78 is 0. The summed E-state index contributed by atoms with van der Waals surface area (Å²) >= 11 is 0. The van der Waals surface area contributed by atoms with Crippen LogP contribution in [0.4, 0.5) is 0 Å². The summed E-state index contributed by atoms with van der Waals surface area (Å²) in [4.78, 5) is 21.7. The molecule has 3 rings (SSSR count). The normalized spacial score (nSPS) is 30.1. The van der Waals surface area contributed by atoms with E-state index in [9.17, 15) is 14.9 Å². The lowest BCUT2D eigenvalue weighted by Gasteiger charge is -2.22. The minimum Gasteiger partial charge on any atom is -0.481 e. The van der Waals surface area contributed by atoms with Crippen molar-refractivity contribution in [3.8, 4) is 0 Å². The Labute approximate surface area is 98.0 Å². The Hall–Kier alpha value is -1.65. The zero-order valence-electron chi connectivity index (χ0n) is 9.31. The van der Waals surface area contributed by atoms with Gasteiger partial charge in [-0.1, -0.05) is 11.1 Å². The number of carboxylic acids is 1. The van der Waals surface area contributed by atoms with Crippen LogP contribution in [0.3, 0.4) is 0 Å². The van der Waals surface area contributed by atoms with E-state index in [0.29, 0.717) is 0 Å². The highest BCUT2D eigenvalue weighted by atomic mass is 16.6. The predicted octanol–water partition coefficient (Wildman–Crippen LogP) is 1.92. The number of fused-ring (bicyclic) bond motifs is 4. The van der Waals surface area contributed by atoms with Crippen molar-refractivity contribution in [2.45, 2.75) is 38.1 Å². The number of carbonyl (C=O) groups is 1. The molecule has 0 radical (unpaired) electrons. The maximum Gasteiger partial charge on any atom is 0.304 e. The van der Waals surface area contributed by atoms with Gasteiger partial charge in [-0.05, 0) is 25.7 Å². The first-order valence-electron chi connectivity index (χ1n) is 5.88. The molecule has 0 aromatic rings. The fourth-order valence-electron chi connectivity index (χ4n) is 3.70. The van der Waals surface area contributed by atoms with Crippen molar-refractivity contribution < 1.29 is 14.8 Å². The average molecular weight is 235 g/mol. The van der Waals surface area contributed by atoms with Gasteiger partial charge >= 0.3 is 5.97 Å². The molecule has 4 bridgehead atoms. The minimum absolute atomic E-state index is 0.0313. The summed E-state index contributed by atoms with van der Waals surface area (Å²) in [5.74, 6) is -0.844. The number of allylic oxidation sites excluding steroid dienone is 2. The predicted molar refractivity (Wildman–Crippen MR) is 59.0 cm³/mol. The lowest BCUT2D eigenvalue weighted by atomic mass is 9.83. The van der Waals surface area contributed by atoms with E-state index in [2.05, 4.69) is 0 Å². The van der Waals surface area contributed by atoms with Gasteiger partial charge in [0.15, 0.2) is 0 Å². The number of aliphatic carboxylic acids is 1. The van der Waals surface area contributed by atoms with Gasteiger partial charge in [-0.25, -0.2) is 0 Å². The van der Waals surface area contributed by atoms with Crippen molar-refractivity contribution in [1.82, 2.24) is 0 Å². The van der Waals surface area contributed by atoms with Crippen LogP contribution in [-0.2, 0) is 4.79 Å². The second kappa shape index (κ2) is 3.42. The summed E-state index contributed by atoms with van der Waals surface area (Å²) in [7, 11) is 0. The third-order valence-electron chi connectivity index (χ3n) is 4.24. The van der Waals surface area contributed by atoms with E-state index in [1.165, 1.54) is 0 Å². The lowest BCUT2D eigenvalue weighted by Crippen LogP contribution is -2.26. The Morgan fingerprint density at radius 3 is 2.06 bits per heavy atom. The first-order chi connectivity index (χ1) is 8.09. The van der Waals surface area contributed by atoms with Gasteiger partial charge in [0.05, 0.1) is 6.42 Å². The Morgan fingerprint density at radius 2 is 1.65 bits per heavy atom. The van der Waals surface area contributed by atoms with Crippen molar-refractivity contribution in [2.75, 3.05) is 0 Å². The molecule has 5 nitrogen and oxygen atoms in total. The van der Waals surface area contributed by atoms with E-state index < -0.39 is 12.0 Å². The van der Waals surface area contributed by atoms with Gasteiger partial charge in [-0.15, -0.1) is 0 Å². The number of nitrogens with zero attached hydrogens (tertiary/aromatic N) is 1. The lowest BCUT2D eigenvalue weighted by molar-refractivity contribution is -0.501. The molecule has 90 valence electrons. The SMILES string of the molecule is O=C(O)C[C@H]1C2=C3CCC(=C1CC2)[C@@H]3[N+](=O)[O-]. The van der Waals surface area contributed by atoms with Crippen LogP contribution in [0.1, 0.15) is 32.1 Å². The third-order valence-corrected chi connectivity index (χ3v) is 4.24. The van der Waals surface area contributed by atoms with Gasteiger partial charge in [-0.3, -0.25) is 14.9 Å². The molecule has 17 heavy (non-hydrogen) atoms. The molecule has 1 N–H and O–H groups in total. The van der Waals surface area contributed by atoms with Crippen LogP contribution in [0.15, 0.2) is 22.3 Å². The minimum atomic E-state index is -0.813. The summed E-state index contributed by atoms with van der Waals surface area (Å²) in [6.45, 7) is 0. The quantitative estimate of drug-likeness (QED) is 0.460. The monoisotopic (exact) mass is 235 g/mol. The molecular formula is C12H13NO4. The topological polar surface area (TPSA) is 80.4 Å². The zero-order valence-corrected chi connectivity index (χ0v) is 9.31. The van der Waals surface area contributed by atoms with Crippen molar-refractivity contribution in [3.63, 3.8) is 0 Å². The Balaban J connectivity index is 2.07. The molecule has 5 heteroatoms. The van der Waals surface area contributed by atoms with E-state index in [-0.39, 0.29) is 17.3 Å². The third kappa shape index (κ3) is 1.34. The Kier molecular flexibility index (Phi) is 2.11. The van der Waals surface area contributed by atoms with E-state index >= 15 is 0 Å². The van der Waals surface area contributed by atoms with Crippen molar-refractivity contribution in [1.29, 1.82) is 0 Å². The molecule has 0 saturated heterocycles. The second-order valence-electron chi connectivity index (χ2n) is 4.94. The molecule has 0 aromatic carbocycles. The van der Waals surface area contributed by atoms with Crippen LogP contribution >= 0.6 is 0 Å². The van der Waals surface area contributed by atoms with Gasteiger partial charge in [-0.2, -0.15) is 0 Å². The second-order valence-corrected chi connectivity index (χ2v) is 4.94. The van der Waals surface area contributed by atoms with Crippen molar-refractivity contribution >= 4 is 5.97 Å². The van der Waals surface area contributed by atoms with Crippen molar-refractivity contribution in [2.24, 2.45) is 5.92 Å². The van der Waals surface area contributed by atoms with Gasteiger partial charge in [0.2, 0.25) is 0 Å². The molecule has 3 aliphatic rings. The molecule has 0 heterocycles. The molecule has 0 aliphatic heterocycles. The van der Waals surface area contributed by atoms with Gasteiger partial charge in [0, 0.05) is 22.0 Å². The Bertz CT molecular complexity index is 459. The molecule has 2 fully saturated rings. The molecule has 3 aliphatic carbocycles. The average Bonchev–Trinajstić information content (AvgIpc) is 2.69. The maximum absolute atomic E-state index is 11.1. The molecule has 0 amide bonds. The summed E-state index contributed by atoms with van der Waals surface area (Å²) in [5.41, 5.74) is 3.95. The molecule has 0 atom stereocenters. The van der Waals surface area contributed by atoms with Crippen molar-refractivity contribution in [3.05, 3.63) is 32.4 Å². The van der Waals surface area contributed by atoms with Gasteiger partial charge in [0.1, 0.15) is 0 Å². The van der Waals surface area contributed by atoms with Crippen LogP contribution in [0.25, 0.3) is 0 Å². The standard InChI is InChI=1S/C12H13NO4/c14-11(15)5-10-6-1-2-7(10)9-4-3-8(6)12(9)13(16)17/h10,12H,1-5H2,(H,14,15)/t10-,12+. The van der Waals surface area contributed by atoms with E-state index in [1.54, 1.807) is 0 Å². The van der Waals surface area contributed by atoms with Crippen LogP contribution < -0.4 is 0 Å².